The molecule has 8 heteroatoms. The summed E-state index contributed by atoms with van der Waals surface area (Å²) < 4.78 is 42.6. The third-order valence-corrected chi connectivity index (χ3v) is 3.27. The van der Waals surface area contributed by atoms with Crippen LogP contribution in [-0.2, 0) is 20.5 Å². The number of nitriles is 1. The number of rotatable bonds is 5. The predicted octanol–water partition coefficient (Wildman–Crippen LogP) is 3.77. The van der Waals surface area contributed by atoms with E-state index in [1.165, 1.54) is 36.4 Å². The summed E-state index contributed by atoms with van der Waals surface area (Å²) >= 11 is 0. The quantitative estimate of drug-likeness (QED) is 0.638. The lowest BCUT2D eigenvalue weighted by Gasteiger charge is -2.07. The molecule has 2 aromatic carbocycles. The van der Waals surface area contributed by atoms with Crippen molar-refractivity contribution in [2.45, 2.75) is 6.18 Å². The number of amides is 1. The van der Waals surface area contributed by atoms with E-state index in [1.807, 2.05) is 6.07 Å². The van der Waals surface area contributed by atoms with E-state index in [9.17, 15) is 22.8 Å². The number of hydrogen-bond donors (Lipinski definition) is 1. The molecule has 27 heavy (non-hydrogen) atoms. The van der Waals surface area contributed by atoms with Crippen molar-refractivity contribution in [1.82, 2.24) is 0 Å². The Morgan fingerprint density at radius 1 is 1.15 bits per heavy atom. The van der Waals surface area contributed by atoms with Gasteiger partial charge in [0, 0.05) is 11.8 Å². The van der Waals surface area contributed by atoms with E-state index < -0.39 is 30.2 Å². The van der Waals surface area contributed by atoms with Crippen LogP contribution in [0.1, 0.15) is 16.7 Å². The van der Waals surface area contributed by atoms with Gasteiger partial charge in [0.05, 0.1) is 17.2 Å². The molecule has 2 rings (SSSR count). The number of carbonyl (C=O) groups excluding carboxylic acids is 2. The fourth-order valence-corrected chi connectivity index (χ4v) is 1.99. The standard InChI is InChI=1S/C19H13F3N2O3/c20-19(21,22)15-3-1-2-13(10-15)6-9-18(26)27-12-17(25)24-16-7-4-14(11-23)5-8-16/h1-10H,12H2,(H,24,25). The van der Waals surface area contributed by atoms with Crippen LogP contribution < -0.4 is 5.32 Å². The monoisotopic (exact) mass is 374 g/mol. The summed E-state index contributed by atoms with van der Waals surface area (Å²) in [5, 5.41) is 11.2. The number of halogens is 3. The molecule has 0 spiro atoms. The maximum absolute atomic E-state index is 12.6. The first-order valence-electron chi connectivity index (χ1n) is 7.60. The van der Waals surface area contributed by atoms with Crippen molar-refractivity contribution < 1.29 is 27.5 Å². The van der Waals surface area contributed by atoms with Gasteiger partial charge in [0.15, 0.2) is 6.61 Å². The van der Waals surface area contributed by atoms with Crippen LogP contribution in [0.2, 0.25) is 0 Å². The van der Waals surface area contributed by atoms with E-state index in [0.717, 1.165) is 24.3 Å². The van der Waals surface area contributed by atoms with E-state index in [-0.39, 0.29) is 5.56 Å². The molecule has 0 radical (unpaired) electrons. The summed E-state index contributed by atoms with van der Waals surface area (Å²) in [7, 11) is 0. The van der Waals surface area contributed by atoms with E-state index in [2.05, 4.69) is 5.32 Å². The van der Waals surface area contributed by atoms with E-state index in [0.29, 0.717) is 11.3 Å². The normalized spacial score (nSPS) is 11.0. The SMILES string of the molecule is N#Cc1ccc(NC(=O)COC(=O)C=Cc2cccc(C(F)(F)F)c2)cc1. The zero-order valence-electron chi connectivity index (χ0n) is 13.8. The van der Waals surface area contributed by atoms with Crippen LogP contribution in [0, 0.1) is 11.3 Å². The molecule has 0 bridgehead atoms. The van der Waals surface area contributed by atoms with Crippen LogP contribution in [0.15, 0.2) is 54.6 Å². The summed E-state index contributed by atoms with van der Waals surface area (Å²) in [6.07, 6.45) is -2.38. The second kappa shape index (κ2) is 8.67. The number of alkyl halides is 3. The van der Waals surface area contributed by atoms with Gasteiger partial charge in [-0.05, 0) is 48.0 Å². The first-order chi connectivity index (χ1) is 12.8. The van der Waals surface area contributed by atoms with Crippen molar-refractivity contribution >= 4 is 23.6 Å². The van der Waals surface area contributed by atoms with Crippen LogP contribution in [0.5, 0.6) is 0 Å². The largest absolute Gasteiger partial charge is 0.452 e. The van der Waals surface area contributed by atoms with Gasteiger partial charge in [0.1, 0.15) is 0 Å². The van der Waals surface area contributed by atoms with Gasteiger partial charge in [-0.15, -0.1) is 0 Å². The number of anilines is 1. The van der Waals surface area contributed by atoms with Crippen LogP contribution in [0.3, 0.4) is 0 Å². The Morgan fingerprint density at radius 3 is 2.48 bits per heavy atom. The van der Waals surface area contributed by atoms with E-state index in [1.54, 1.807) is 0 Å². The Morgan fingerprint density at radius 2 is 1.85 bits per heavy atom. The highest BCUT2D eigenvalue weighted by Gasteiger charge is 2.30. The van der Waals surface area contributed by atoms with Gasteiger partial charge in [0.2, 0.25) is 0 Å². The van der Waals surface area contributed by atoms with Crippen molar-refractivity contribution in [2.24, 2.45) is 0 Å². The molecule has 0 atom stereocenters. The number of benzene rings is 2. The minimum absolute atomic E-state index is 0.170. The van der Waals surface area contributed by atoms with E-state index in [4.69, 9.17) is 10.00 Å². The van der Waals surface area contributed by atoms with Crippen LogP contribution in [0.25, 0.3) is 6.08 Å². The fourth-order valence-electron chi connectivity index (χ4n) is 1.99. The summed E-state index contributed by atoms with van der Waals surface area (Å²) in [4.78, 5) is 23.3. The Labute approximate surface area is 152 Å². The average Bonchev–Trinajstić information content (AvgIpc) is 2.65. The van der Waals surface area contributed by atoms with Crippen molar-refractivity contribution in [2.75, 3.05) is 11.9 Å². The third-order valence-electron chi connectivity index (χ3n) is 3.27. The second-order valence-corrected chi connectivity index (χ2v) is 5.30. The van der Waals surface area contributed by atoms with Crippen LogP contribution in [-0.4, -0.2) is 18.5 Å². The number of nitrogens with zero attached hydrogens (tertiary/aromatic N) is 1. The molecule has 138 valence electrons. The first-order valence-corrected chi connectivity index (χ1v) is 7.60. The summed E-state index contributed by atoms with van der Waals surface area (Å²) in [5.74, 6) is -1.47. The Balaban J connectivity index is 1.85. The van der Waals surface area contributed by atoms with Gasteiger partial charge in [-0.25, -0.2) is 4.79 Å². The van der Waals surface area contributed by atoms with Crippen molar-refractivity contribution in [3.8, 4) is 6.07 Å². The predicted molar refractivity (Wildman–Crippen MR) is 91.2 cm³/mol. The van der Waals surface area contributed by atoms with Crippen molar-refractivity contribution in [3.05, 3.63) is 71.3 Å². The lowest BCUT2D eigenvalue weighted by Crippen LogP contribution is -2.20. The number of ether oxygens (including phenoxy) is 1. The molecule has 0 aliphatic heterocycles. The highest BCUT2D eigenvalue weighted by atomic mass is 19.4. The second-order valence-electron chi connectivity index (χ2n) is 5.30. The molecule has 0 unspecified atom stereocenters. The molecule has 0 fully saturated rings. The summed E-state index contributed by atoms with van der Waals surface area (Å²) in [5.41, 5.74) is 0.192. The molecule has 0 saturated heterocycles. The highest BCUT2D eigenvalue weighted by Crippen LogP contribution is 2.29. The maximum atomic E-state index is 12.6. The molecular weight excluding hydrogens is 361 g/mol. The maximum Gasteiger partial charge on any atom is 0.416 e. The van der Waals surface area contributed by atoms with Gasteiger partial charge < -0.3 is 10.1 Å². The number of carbonyl (C=O) groups is 2. The Bertz CT molecular complexity index is 898. The van der Waals surface area contributed by atoms with Crippen LogP contribution in [0.4, 0.5) is 18.9 Å². The van der Waals surface area contributed by atoms with Crippen LogP contribution >= 0.6 is 0 Å². The molecule has 5 nitrogen and oxygen atoms in total. The fraction of sp³-hybridized carbons (Fsp3) is 0.105. The number of hydrogen-bond acceptors (Lipinski definition) is 4. The summed E-state index contributed by atoms with van der Waals surface area (Å²) in [6, 6.07) is 12.4. The van der Waals surface area contributed by atoms with Crippen molar-refractivity contribution in [3.63, 3.8) is 0 Å². The first kappa shape index (κ1) is 19.7. The molecule has 1 amide bonds. The molecule has 0 heterocycles. The molecular formula is C19H13F3N2O3. The van der Waals surface area contributed by atoms with Gasteiger partial charge in [-0.2, -0.15) is 18.4 Å². The molecule has 2 aromatic rings. The Kier molecular flexibility index (Phi) is 6.33. The lowest BCUT2D eigenvalue weighted by molar-refractivity contribution is -0.142. The zero-order valence-corrected chi connectivity index (χ0v) is 13.8. The Hall–Kier alpha value is -3.60. The van der Waals surface area contributed by atoms with Gasteiger partial charge in [0.25, 0.3) is 5.91 Å². The minimum atomic E-state index is -4.48. The van der Waals surface area contributed by atoms with Gasteiger partial charge in [-0.3, -0.25) is 4.79 Å². The van der Waals surface area contributed by atoms with Gasteiger partial charge >= 0.3 is 12.1 Å². The highest BCUT2D eigenvalue weighted by molar-refractivity contribution is 5.94. The molecule has 0 aliphatic carbocycles. The van der Waals surface area contributed by atoms with Crippen molar-refractivity contribution in [1.29, 1.82) is 5.26 Å². The molecule has 0 aromatic heterocycles. The smallest absolute Gasteiger partial charge is 0.416 e. The zero-order chi connectivity index (χ0) is 19.9. The number of esters is 1. The minimum Gasteiger partial charge on any atom is -0.452 e. The topological polar surface area (TPSA) is 79.2 Å². The molecule has 1 N–H and O–H groups in total. The average molecular weight is 374 g/mol. The van der Waals surface area contributed by atoms with E-state index >= 15 is 0 Å². The molecule has 0 aliphatic rings. The number of nitrogens with one attached hydrogen (secondary N) is 1. The summed E-state index contributed by atoms with van der Waals surface area (Å²) in [6.45, 7) is -0.564. The lowest BCUT2D eigenvalue weighted by atomic mass is 10.1. The molecule has 0 saturated carbocycles. The van der Waals surface area contributed by atoms with Gasteiger partial charge in [-0.1, -0.05) is 12.1 Å². The third kappa shape index (κ3) is 6.32.